The fourth-order valence-corrected chi connectivity index (χ4v) is 4.53. The minimum absolute atomic E-state index is 0.0754. The lowest BCUT2D eigenvalue weighted by Gasteiger charge is -2.20. The molecule has 0 aliphatic rings. The van der Waals surface area contributed by atoms with Gasteiger partial charge in [0.15, 0.2) is 0 Å². The van der Waals surface area contributed by atoms with Crippen LogP contribution in [0.5, 0.6) is 11.5 Å². The van der Waals surface area contributed by atoms with Crippen LogP contribution in [0.4, 0.5) is 0 Å². The molecule has 0 aromatic heterocycles. The molecule has 0 aliphatic heterocycles. The molecule has 4 aromatic carbocycles. The number of hydrogen-bond donors (Lipinski definition) is 3. The van der Waals surface area contributed by atoms with Gasteiger partial charge in [-0.15, -0.1) is 0 Å². The van der Waals surface area contributed by atoms with E-state index in [1.165, 1.54) is 0 Å². The Morgan fingerprint density at radius 3 is 1.10 bits per heavy atom. The second-order valence-corrected chi connectivity index (χ2v) is 8.08. The average Bonchev–Trinajstić information content (AvgIpc) is 2.75. The van der Waals surface area contributed by atoms with Crippen LogP contribution in [0.1, 0.15) is 0 Å². The van der Waals surface area contributed by atoms with Crippen molar-refractivity contribution in [3.8, 4) is 44.9 Å². The molecule has 4 rings (SSSR count). The maximum Gasteiger partial charge on any atom is 0.296 e. The topological polar surface area (TPSA) is 94.8 Å². The summed E-state index contributed by atoms with van der Waals surface area (Å²) in [6.07, 6.45) is 0. The zero-order chi connectivity index (χ0) is 21.3. The van der Waals surface area contributed by atoms with Crippen molar-refractivity contribution in [3.05, 3.63) is 91.0 Å². The van der Waals surface area contributed by atoms with Crippen molar-refractivity contribution < 1.29 is 23.2 Å². The molecular weight excluding hydrogens is 400 g/mol. The Morgan fingerprint density at radius 2 is 0.800 bits per heavy atom. The molecular formula is C24H18O5S. The first-order chi connectivity index (χ1) is 14.4. The minimum atomic E-state index is -4.82. The zero-order valence-corrected chi connectivity index (χ0v) is 16.5. The highest BCUT2D eigenvalue weighted by Gasteiger charge is 2.32. The van der Waals surface area contributed by atoms with Crippen molar-refractivity contribution in [1.82, 2.24) is 0 Å². The Bertz CT molecular complexity index is 1230. The Morgan fingerprint density at radius 1 is 0.500 bits per heavy atom. The summed E-state index contributed by atoms with van der Waals surface area (Å²) in [7, 11) is -4.82. The molecule has 3 N–H and O–H groups in total. The normalized spacial score (nSPS) is 11.4. The van der Waals surface area contributed by atoms with Crippen molar-refractivity contribution in [2.75, 3.05) is 0 Å². The van der Waals surface area contributed by atoms with E-state index in [1.807, 2.05) is 0 Å². The van der Waals surface area contributed by atoms with Gasteiger partial charge in [0.05, 0.1) is 5.56 Å². The predicted octanol–water partition coefficient (Wildman–Crippen LogP) is 5.35. The molecule has 0 saturated carbocycles. The summed E-state index contributed by atoms with van der Waals surface area (Å²) in [5.41, 5.74) is 1.21. The number of rotatable bonds is 4. The largest absolute Gasteiger partial charge is 0.506 e. The number of phenolic OH excluding ortho intramolecular Hbond substituents is 2. The molecule has 0 atom stereocenters. The summed E-state index contributed by atoms with van der Waals surface area (Å²) >= 11 is 0. The lowest BCUT2D eigenvalue weighted by atomic mass is 9.90. The van der Waals surface area contributed by atoms with Crippen LogP contribution in [0.15, 0.2) is 95.9 Å². The molecule has 30 heavy (non-hydrogen) atoms. The van der Waals surface area contributed by atoms with Crippen LogP contribution in [-0.2, 0) is 10.1 Å². The van der Waals surface area contributed by atoms with Gasteiger partial charge >= 0.3 is 0 Å². The van der Waals surface area contributed by atoms with Gasteiger partial charge in [0.25, 0.3) is 10.1 Å². The van der Waals surface area contributed by atoms with Gasteiger partial charge in [0, 0.05) is 11.1 Å². The Labute approximate surface area is 174 Å². The summed E-state index contributed by atoms with van der Waals surface area (Å²) < 4.78 is 35.1. The van der Waals surface area contributed by atoms with E-state index in [-0.39, 0.29) is 16.7 Å². The molecule has 0 radical (unpaired) electrons. The first-order valence-electron chi connectivity index (χ1n) is 9.15. The molecule has 0 unspecified atom stereocenters. The Kier molecular flexibility index (Phi) is 5.03. The number of benzene rings is 4. The fourth-order valence-electron chi connectivity index (χ4n) is 3.58. The smallest absolute Gasteiger partial charge is 0.296 e. The summed E-state index contributed by atoms with van der Waals surface area (Å²) in [4.78, 5) is -0.547. The van der Waals surface area contributed by atoms with Crippen LogP contribution < -0.4 is 0 Å². The minimum Gasteiger partial charge on any atom is -0.506 e. The van der Waals surface area contributed by atoms with Gasteiger partial charge in [0.2, 0.25) is 0 Å². The summed E-state index contributed by atoms with van der Waals surface area (Å²) in [5, 5.41) is 22.3. The van der Waals surface area contributed by atoms with Crippen LogP contribution in [0.2, 0.25) is 0 Å². The third kappa shape index (κ3) is 3.43. The van der Waals surface area contributed by atoms with Crippen LogP contribution in [-0.4, -0.2) is 23.2 Å². The van der Waals surface area contributed by atoms with Crippen LogP contribution in [0.25, 0.3) is 33.4 Å². The van der Waals surface area contributed by atoms with Crippen molar-refractivity contribution >= 4 is 10.1 Å². The standard InChI is InChI=1S/C24H18O5S/c25-22-19(16-10-4-1-5-11-16)23(26)21(18-14-8-3-9-15-18)24(30(27,28)29)20(22)17-12-6-2-7-13-17/h1-15,25-26H,(H,27,28,29). The van der Waals surface area contributed by atoms with Crippen molar-refractivity contribution in [2.24, 2.45) is 0 Å². The highest BCUT2D eigenvalue weighted by atomic mass is 32.2. The van der Waals surface area contributed by atoms with Gasteiger partial charge < -0.3 is 10.2 Å². The van der Waals surface area contributed by atoms with E-state index >= 15 is 0 Å². The maximum atomic E-state index is 12.5. The molecule has 0 bridgehead atoms. The summed E-state index contributed by atoms with van der Waals surface area (Å²) in [6.45, 7) is 0. The highest BCUT2D eigenvalue weighted by molar-refractivity contribution is 7.86. The molecule has 6 heteroatoms. The number of hydrogen-bond acceptors (Lipinski definition) is 4. The van der Waals surface area contributed by atoms with E-state index in [0.29, 0.717) is 16.7 Å². The van der Waals surface area contributed by atoms with E-state index in [9.17, 15) is 23.2 Å². The van der Waals surface area contributed by atoms with Gasteiger partial charge in [0.1, 0.15) is 16.4 Å². The van der Waals surface area contributed by atoms with Crippen molar-refractivity contribution in [3.63, 3.8) is 0 Å². The monoisotopic (exact) mass is 418 g/mol. The second kappa shape index (κ2) is 7.67. The van der Waals surface area contributed by atoms with E-state index in [1.54, 1.807) is 91.0 Å². The quantitative estimate of drug-likeness (QED) is 0.389. The van der Waals surface area contributed by atoms with Gasteiger partial charge in [-0.2, -0.15) is 8.42 Å². The van der Waals surface area contributed by atoms with Crippen LogP contribution in [0.3, 0.4) is 0 Å². The molecule has 0 saturated heterocycles. The molecule has 150 valence electrons. The van der Waals surface area contributed by atoms with Crippen molar-refractivity contribution in [1.29, 1.82) is 0 Å². The summed E-state index contributed by atoms with van der Waals surface area (Å²) in [5.74, 6) is -0.866. The third-order valence-electron chi connectivity index (χ3n) is 4.85. The molecule has 0 fully saturated rings. The predicted molar refractivity (Wildman–Crippen MR) is 116 cm³/mol. The SMILES string of the molecule is O=S(=O)(O)c1c(-c2ccccc2)c(O)c(-c2ccccc2)c(O)c1-c1ccccc1. The first-order valence-corrected chi connectivity index (χ1v) is 10.6. The van der Waals surface area contributed by atoms with E-state index < -0.39 is 26.5 Å². The van der Waals surface area contributed by atoms with Gasteiger partial charge in [-0.1, -0.05) is 91.0 Å². The first kappa shape index (κ1) is 19.7. The van der Waals surface area contributed by atoms with Crippen LogP contribution >= 0.6 is 0 Å². The Hall–Kier alpha value is -3.61. The number of phenols is 2. The summed E-state index contributed by atoms with van der Waals surface area (Å²) in [6, 6.07) is 25.5. The third-order valence-corrected chi connectivity index (χ3v) is 5.77. The molecule has 5 nitrogen and oxygen atoms in total. The second-order valence-electron chi connectivity index (χ2n) is 6.72. The van der Waals surface area contributed by atoms with E-state index in [0.717, 1.165) is 0 Å². The van der Waals surface area contributed by atoms with Crippen molar-refractivity contribution in [2.45, 2.75) is 4.90 Å². The highest BCUT2D eigenvalue weighted by Crippen LogP contribution is 2.53. The number of aromatic hydroxyl groups is 2. The van der Waals surface area contributed by atoms with E-state index in [4.69, 9.17) is 0 Å². The molecule has 0 amide bonds. The average molecular weight is 418 g/mol. The maximum absolute atomic E-state index is 12.5. The van der Waals surface area contributed by atoms with Gasteiger partial charge in [-0.05, 0) is 16.7 Å². The molecule has 0 aliphatic carbocycles. The molecule has 4 aromatic rings. The lowest BCUT2D eigenvalue weighted by Crippen LogP contribution is -2.06. The fraction of sp³-hybridized carbons (Fsp3) is 0. The van der Waals surface area contributed by atoms with Crippen LogP contribution in [0, 0.1) is 0 Å². The lowest BCUT2D eigenvalue weighted by molar-refractivity contribution is 0.449. The molecule has 0 spiro atoms. The van der Waals surface area contributed by atoms with Gasteiger partial charge in [-0.3, -0.25) is 4.55 Å². The Balaban J connectivity index is 2.25. The molecule has 0 heterocycles. The van der Waals surface area contributed by atoms with E-state index in [2.05, 4.69) is 0 Å². The van der Waals surface area contributed by atoms with Gasteiger partial charge in [-0.25, -0.2) is 0 Å². The zero-order valence-electron chi connectivity index (χ0n) is 15.7.